The third-order valence-electron chi connectivity index (χ3n) is 5.65. The van der Waals surface area contributed by atoms with Gasteiger partial charge in [-0.15, -0.1) is 0 Å². The van der Waals surface area contributed by atoms with Crippen molar-refractivity contribution < 1.29 is 19.1 Å². The molecule has 0 bridgehead atoms. The number of rotatable bonds is 6. The van der Waals surface area contributed by atoms with Crippen molar-refractivity contribution in [1.29, 1.82) is 0 Å². The van der Waals surface area contributed by atoms with Crippen LogP contribution < -0.4 is 15.0 Å². The Morgan fingerprint density at radius 1 is 1.03 bits per heavy atom. The van der Waals surface area contributed by atoms with Crippen LogP contribution in [0.5, 0.6) is 5.75 Å². The predicted molar refractivity (Wildman–Crippen MR) is 144 cm³/mol. The number of aryl methyl sites for hydroxylation is 2. The molecule has 1 heterocycles. The average molecular weight is 568 g/mol. The Morgan fingerprint density at radius 3 is 2.39 bits per heavy atom. The van der Waals surface area contributed by atoms with E-state index in [-0.39, 0.29) is 16.3 Å². The molecule has 0 unspecified atom stereocenters. The number of carbonyl (C=O) groups excluding carboxylic acids is 3. The van der Waals surface area contributed by atoms with Crippen molar-refractivity contribution in [3.8, 4) is 5.75 Å². The van der Waals surface area contributed by atoms with E-state index in [4.69, 9.17) is 16.3 Å². The van der Waals surface area contributed by atoms with Gasteiger partial charge in [-0.25, -0.2) is 9.69 Å². The molecule has 8 heteroatoms. The highest BCUT2D eigenvalue weighted by Gasteiger charge is 2.37. The van der Waals surface area contributed by atoms with Gasteiger partial charge in [0.1, 0.15) is 11.3 Å². The van der Waals surface area contributed by atoms with Gasteiger partial charge >= 0.3 is 6.03 Å². The van der Waals surface area contributed by atoms with Gasteiger partial charge in [0, 0.05) is 16.5 Å². The molecule has 1 N–H and O–H groups in total. The van der Waals surface area contributed by atoms with Crippen molar-refractivity contribution in [3.63, 3.8) is 0 Å². The fourth-order valence-electron chi connectivity index (χ4n) is 4.22. The van der Waals surface area contributed by atoms with Gasteiger partial charge in [-0.2, -0.15) is 0 Å². The summed E-state index contributed by atoms with van der Waals surface area (Å²) in [4.78, 5) is 39.2. The first kappa shape index (κ1) is 25.7. The Hall–Kier alpha value is -3.42. The highest BCUT2D eigenvalue weighted by molar-refractivity contribution is 9.10. The molecule has 0 saturated carbocycles. The van der Waals surface area contributed by atoms with Gasteiger partial charge in [-0.3, -0.25) is 14.9 Å². The number of amides is 4. The van der Waals surface area contributed by atoms with Gasteiger partial charge in [0.15, 0.2) is 0 Å². The maximum absolute atomic E-state index is 13.2. The number of imide groups is 2. The first-order chi connectivity index (χ1) is 17.2. The molecule has 1 fully saturated rings. The maximum Gasteiger partial charge on any atom is 0.335 e. The van der Waals surface area contributed by atoms with E-state index in [1.165, 1.54) is 17.2 Å². The van der Waals surface area contributed by atoms with Crippen LogP contribution in [0.3, 0.4) is 0 Å². The zero-order chi connectivity index (χ0) is 26.0. The molecule has 1 aliphatic rings. The number of halogens is 2. The molecule has 36 heavy (non-hydrogen) atoms. The number of anilines is 1. The van der Waals surface area contributed by atoms with Crippen LogP contribution >= 0.6 is 27.5 Å². The van der Waals surface area contributed by atoms with Crippen LogP contribution in [0.25, 0.3) is 6.08 Å². The van der Waals surface area contributed by atoms with Gasteiger partial charge in [0.2, 0.25) is 0 Å². The summed E-state index contributed by atoms with van der Waals surface area (Å²) in [6.45, 7) is 6.46. The lowest BCUT2D eigenvalue weighted by molar-refractivity contribution is -0.122. The van der Waals surface area contributed by atoms with Crippen LogP contribution in [0.2, 0.25) is 5.02 Å². The number of para-hydroxylation sites is 1. The molecular formula is C28H24BrClN2O4. The third kappa shape index (κ3) is 5.37. The number of hydrogen-bond donors (Lipinski definition) is 1. The molecule has 4 rings (SSSR count). The van der Waals surface area contributed by atoms with E-state index in [0.29, 0.717) is 24.3 Å². The molecule has 1 aliphatic heterocycles. The Balaban J connectivity index is 1.74. The summed E-state index contributed by atoms with van der Waals surface area (Å²) in [7, 11) is 0. The number of benzene rings is 3. The molecule has 3 aromatic carbocycles. The van der Waals surface area contributed by atoms with Gasteiger partial charge in [-0.05, 0) is 62.2 Å². The minimum atomic E-state index is -0.852. The summed E-state index contributed by atoms with van der Waals surface area (Å²) in [5, 5.41) is 2.44. The standard InChI is InChI=1S/C28H24BrClN2O4/c1-4-36-25-15-19(14-22(29)20(25)12-18-10-16(2)9-17(3)11-18)13-21-26(33)31-28(35)32(27(21)34)24-8-6-5-7-23(24)30/h5-11,13-15H,4,12H2,1-3H3,(H,31,33,35)/b21-13+. The lowest BCUT2D eigenvalue weighted by atomic mass is 9.98. The number of nitrogens with zero attached hydrogens (tertiary/aromatic N) is 1. The second-order valence-corrected chi connectivity index (χ2v) is 9.76. The van der Waals surface area contributed by atoms with Crippen LogP contribution in [0, 0.1) is 13.8 Å². The van der Waals surface area contributed by atoms with Crippen LogP contribution in [0.15, 0.2) is 64.6 Å². The second-order valence-electron chi connectivity index (χ2n) is 8.49. The molecule has 0 aromatic heterocycles. The normalized spacial score (nSPS) is 14.9. The number of hydrogen-bond acceptors (Lipinski definition) is 4. The third-order valence-corrected chi connectivity index (χ3v) is 6.67. The summed E-state index contributed by atoms with van der Waals surface area (Å²) < 4.78 is 6.71. The summed E-state index contributed by atoms with van der Waals surface area (Å²) in [5.41, 5.74) is 5.04. The van der Waals surface area contributed by atoms with E-state index in [0.717, 1.165) is 20.5 Å². The summed E-state index contributed by atoms with van der Waals surface area (Å²) in [6.07, 6.45) is 2.09. The fourth-order valence-corrected chi connectivity index (χ4v) is 5.04. The molecule has 6 nitrogen and oxygen atoms in total. The van der Waals surface area contributed by atoms with E-state index in [1.54, 1.807) is 30.3 Å². The Labute approximate surface area is 223 Å². The average Bonchev–Trinajstić information content (AvgIpc) is 2.79. The van der Waals surface area contributed by atoms with Crippen LogP contribution in [0.1, 0.15) is 34.7 Å². The largest absolute Gasteiger partial charge is 0.494 e. The highest BCUT2D eigenvalue weighted by Crippen LogP contribution is 2.34. The Bertz CT molecular complexity index is 1400. The van der Waals surface area contributed by atoms with Gasteiger partial charge in [-0.1, -0.05) is 69.0 Å². The molecule has 184 valence electrons. The lowest BCUT2D eigenvalue weighted by Gasteiger charge is -2.27. The zero-order valence-electron chi connectivity index (χ0n) is 20.0. The Morgan fingerprint density at radius 2 is 1.72 bits per heavy atom. The number of barbiturate groups is 1. The first-order valence-corrected chi connectivity index (χ1v) is 12.5. The SMILES string of the molecule is CCOc1cc(/C=C2\C(=O)NC(=O)N(c3ccccc3Cl)C2=O)cc(Br)c1Cc1cc(C)cc(C)c1. The number of urea groups is 1. The van der Waals surface area contributed by atoms with Crippen molar-refractivity contribution in [2.75, 3.05) is 11.5 Å². The molecule has 1 saturated heterocycles. The summed E-state index contributed by atoms with van der Waals surface area (Å²) in [5.74, 6) is -0.896. The van der Waals surface area contributed by atoms with Crippen LogP contribution in [0.4, 0.5) is 10.5 Å². The quantitative estimate of drug-likeness (QED) is 0.277. The van der Waals surface area contributed by atoms with Crippen molar-refractivity contribution >= 4 is 57.1 Å². The van der Waals surface area contributed by atoms with E-state index >= 15 is 0 Å². The second kappa shape index (κ2) is 10.7. The van der Waals surface area contributed by atoms with E-state index in [2.05, 4.69) is 53.3 Å². The topological polar surface area (TPSA) is 75.7 Å². The van der Waals surface area contributed by atoms with Gasteiger partial charge in [0.05, 0.1) is 17.3 Å². The molecular weight excluding hydrogens is 544 g/mol. The van der Waals surface area contributed by atoms with Crippen molar-refractivity contribution in [2.45, 2.75) is 27.2 Å². The van der Waals surface area contributed by atoms with Crippen LogP contribution in [-0.4, -0.2) is 24.5 Å². The summed E-state index contributed by atoms with van der Waals surface area (Å²) >= 11 is 9.86. The first-order valence-electron chi connectivity index (χ1n) is 11.4. The maximum atomic E-state index is 13.2. The van der Waals surface area contributed by atoms with E-state index in [9.17, 15) is 14.4 Å². The van der Waals surface area contributed by atoms with Crippen molar-refractivity contribution in [1.82, 2.24) is 5.32 Å². The molecule has 0 radical (unpaired) electrons. The number of carbonyl (C=O) groups is 3. The van der Waals surface area contributed by atoms with Crippen molar-refractivity contribution in [3.05, 3.63) is 97.5 Å². The minimum Gasteiger partial charge on any atom is -0.494 e. The Kier molecular flexibility index (Phi) is 7.62. The lowest BCUT2D eigenvalue weighted by Crippen LogP contribution is -2.54. The molecule has 0 aliphatic carbocycles. The number of nitrogens with one attached hydrogen (secondary N) is 1. The molecule has 3 aromatic rings. The van der Waals surface area contributed by atoms with Gasteiger partial charge < -0.3 is 4.74 Å². The van der Waals surface area contributed by atoms with Gasteiger partial charge in [0.25, 0.3) is 11.8 Å². The predicted octanol–water partition coefficient (Wildman–Crippen LogP) is 6.38. The molecule has 0 atom stereocenters. The number of ether oxygens (including phenoxy) is 1. The van der Waals surface area contributed by atoms with Crippen LogP contribution in [-0.2, 0) is 16.0 Å². The van der Waals surface area contributed by atoms with E-state index < -0.39 is 17.8 Å². The molecule has 4 amide bonds. The minimum absolute atomic E-state index is 0.189. The zero-order valence-corrected chi connectivity index (χ0v) is 22.4. The fraction of sp³-hybridized carbons (Fsp3) is 0.179. The monoisotopic (exact) mass is 566 g/mol. The molecule has 0 spiro atoms. The van der Waals surface area contributed by atoms with Crippen molar-refractivity contribution in [2.24, 2.45) is 0 Å². The summed E-state index contributed by atoms with van der Waals surface area (Å²) in [6, 6.07) is 15.6. The van der Waals surface area contributed by atoms with E-state index in [1.807, 2.05) is 13.0 Å². The highest BCUT2D eigenvalue weighted by atomic mass is 79.9. The smallest absolute Gasteiger partial charge is 0.335 e.